The first-order valence-electron chi connectivity index (χ1n) is 7.39. The van der Waals surface area contributed by atoms with Crippen LogP contribution in [-0.2, 0) is 11.3 Å². The highest BCUT2D eigenvalue weighted by Gasteiger charge is 2.21. The highest BCUT2D eigenvalue weighted by atomic mass is 16.5. The summed E-state index contributed by atoms with van der Waals surface area (Å²) in [4.78, 5) is 34.3. The molecule has 24 heavy (non-hydrogen) atoms. The molecule has 7 heteroatoms. The van der Waals surface area contributed by atoms with Crippen LogP contribution in [-0.4, -0.2) is 18.7 Å². The molecule has 1 amide bonds. The number of hydrogen-bond acceptors (Lipinski definition) is 6. The van der Waals surface area contributed by atoms with Gasteiger partial charge in [0.1, 0.15) is 12.3 Å². The summed E-state index contributed by atoms with van der Waals surface area (Å²) in [7, 11) is 1.34. The van der Waals surface area contributed by atoms with Gasteiger partial charge in [-0.1, -0.05) is 12.1 Å². The molecule has 0 bridgehead atoms. The number of carbonyl (C=O) groups excluding carboxylic acids is 1. The van der Waals surface area contributed by atoms with Gasteiger partial charge in [0.2, 0.25) is 0 Å². The van der Waals surface area contributed by atoms with Gasteiger partial charge in [-0.15, -0.1) is 0 Å². The molecule has 0 aromatic heterocycles. The Morgan fingerprint density at radius 1 is 1.08 bits per heavy atom. The van der Waals surface area contributed by atoms with Crippen LogP contribution in [0.5, 0.6) is 5.75 Å². The maximum absolute atomic E-state index is 11.6. The SMILES string of the molecule is COc1c(Nc2ccc(COC(=O)NC(C)(C)C)cc2)c(=O)c1=O. The van der Waals surface area contributed by atoms with E-state index in [1.165, 1.54) is 7.11 Å². The maximum atomic E-state index is 11.6. The molecule has 0 saturated carbocycles. The molecule has 2 rings (SSSR count). The number of amides is 1. The average molecular weight is 332 g/mol. The number of methoxy groups -OCH3 is 1. The topological polar surface area (TPSA) is 93.7 Å². The Balaban J connectivity index is 1.94. The maximum Gasteiger partial charge on any atom is 0.407 e. The van der Waals surface area contributed by atoms with Crippen molar-refractivity contribution in [2.45, 2.75) is 32.9 Å². The molecule has 0 saturated heterocycles. The molecule has 0 unspecified atom stereocenters. The summed E-state index contributed by atoms with van der Waals surface area (Å²) in [5.74, 6) is 0.0336. The minimum atomic E-state index is -0.630. The van der Waals surface area contributed by atoms with Crippen LogP contribution in [0.4, 0.5) is 16.2 Å². The number of carbonyl (C=O) groups is 1. The molecular weight excluding hydrogens is 312 g/mol. The van der Waals surface area contributed by atoms with E-state index in [0.29, 0.717) is 5.69 Å². The first-order valence-corrected chi connectivity index (χ1v) is 7.39. The number of benzene rings is 1. The largest absolute Gasteiger partial charge is 0.491 e. The van der Waals surface area contributed by atoms with Crippen LogP contribution in [0.2, 0.25) is 0 Å². The molecule has 0 aliphatic carbocycles. The van der Waals surface area contributed by atoms with E-state index in [0.717, 1.165) is 5.56 Å². The fourth-order valence-electron chi connectivity index (χ4n) is 2.00. The van der Waals surface area contributed by atoms with E-state index >= 15 is 0 Å². The molecule has 0 heterocycles. The zero-order valence-electron chi connectivity index (χ0n) is 14.1. The predicted molar refractivity (Wildman–Crippen MR) is 90.7 cm³/mol. The van der Waals surface area contributed by atoms with Gasteiger partial charge in [-0.05, 0) is 38.5 Å². The lowest BCUT2D eigenvalue weighted by Gasteiger charge is -2.20. The van der Waals surface area contributed by atoms with Crippen molar-refractivity contribution in [3.63, 3.8) is 0 Å². The van der Waals surface area contributed by atoms with Gasteiger partial charge in [0.25, 0.3) is 10.9 Å². The quantitative estimate of drug-likeness (QED) is 0.814. The van der Waals surface area contributed by atoms with Crippen LogP contribution < -0.4 is 26.2 Å². The third kappa shape index (κ3) is 4.13. The lowest BCUT2D eigenvalue weighted by molar-refractivity contribution is 0.131. The van der Waals surface area contributed by atoms with Crippen LogP contribution in [0.25, 0.3) is 0 Å². The smallest absolute Gasteiger partial charge is 0.407 e. The first-order chi connectivity index (χ1) is 11.2. The summed E-state index contributed by atoms with van der Waals surface area (Å²) in [5, 5.41) is 5.55. The van der Waals surface area contributed by atoms with E-state index < -0.39 is 17.0 Å². The third-order valence-corrected chi connectivity index (χ3v) is 3.14. The number of anilines is 2. The minimum absolute atomic E-state index is 0.0336. The van der Waals surface area contributed by atoms with E-state index in [9.17, 15) is 14.4 Å². The Bertz CT molecular complexity index is 796. The van der Waals surface area contributed by atoms with E-state index in [1.54, 1.807) is 24.3 Å². The second-order valence-electron chi connectivity index (χ2n) is 6.34. The van der Waals surface area contributed by atoms with Gasteiger partial charge in [0, 0.05) is 11.2 Å². The van der Waals surface area contributed by atoms with Gasteiger partial charge >= 0.3 is 6.09 Å². The Labute approximate surface area is 139 Å². The number of hydrogen-bond donors (Lipinski definition) is 2. The van der Waals surface area contributed by atoms with Crippen LogP contribution in [0.1, 0.15) is 26.3 Å². The van der Waals surface area contributed by atoms with Gasteiger partial charge in [-0.25, -0.2) is 4.79 Å². The van der Waals surface area contributed by atoms with Crippen LogP contribution in [0.15, 0.2) is 33.9 Å². The van der Waals surface area contributed by atoms with Gasteiger partial charge in [-0.3, -0.25) is 9.59 Å². The van der Waals surface area contributed by atoms with Crippen LogP contribution >= 0.6 is 0 Å². The van der Waals surface area contributed by atoms with E-state index in [-0.39, 0.29) is 23.6 Å². The summed E-state index contributed by atoms with van der Waals surface area (Å²) >= 11 is 0. The fraction of sp³-hybridized carbons (Fsp3) is 0.353. The molecule has 0 aliphatic rings. The predicted octanol–water partition coefficient (Wildman–Crippen LogP) is 2.06. The van der Waals surface area contributed by atoms with Crippen molar-refractivity contribution < 1.29 is 14.3 Å². The van der Waals surface area contributed by atoms with Gasteiger partial charge < -0.3 is 20.1 Å². The van der Waals surface area contributed by atoms with E-state index in [1.807, 2.05) is 20.8 Å². The van der Waals surface area contributed by atoms with Gasteiger partial charge in [0.05, 0.1) is 7.11 Å². The average Bonchev–Trinajstić information content (AvgIpc) is 2.51. The molecular formula is C17H20N2O5. The zero-order chi connectivity index (χ0) is 17.9. The van der Waals surface area contributed by atoms with Crippen LogP contribution in [0, 0.1) is 0 Å². The summed E-state index contributed by atoms with van der Waals surface area (Å²) in [6, 6.07) is 6.95. The molecule has 128 valence electrons. The van der Waals surface area contributed by atoms with Crippen molar-refractivity contribution in [1.29, 1.82) is 0 Å². The van der Waals surface area contributed by atoms with Crippen molar-refractivity contribution in [3.05, 3.63) is 50.3 Å². The standard InChI is InChI=1S/C17H20N2O5/c1-17(2,3)19-16(22)24-9-10-5-7-11(8-6-10)18-12-13(20)14(21)15(12)23-4/h5-8,18H,9H2,1-4H3,(H,19,22). The highest BCUT2D eigenvalue weighted by molar-refractivity contribution is 5.70. The van der Waals surface area contributed by atoms with Crippen molar-refractivity contribution in [2.75, 3.05) is 12.4 Å². The van der Waals surface area contributed by atoms with Crippen molar-refractivity contribution in [2.24, 2.45) is 0 Å². The molecule has 0 atom stereocenters. The summed E-state index contributed by atoms with van der Waals surface area (Å²) in [5.41, 5.74) is -0.0152. The monoisotopic (exact) mass is 332 g/mol. The number of nitrogens with one attached hydrogen (secondary N) is 2. The second kappa shape index (κ2) is 6.74. The Morgan fingerprint density at radius 3 is 2.25 bits per heavy atom. The molecule has 2 N–H and O–H groups in total. The van der Waals surface area contributed by atoms with Gasteiger partial charge in [-0.2, -0.15) is 0 Å². The van der Waals surface area contributed by atoms with Crippen molar-refractivity contribution in [3.8, 4) is 5.75 Å². The summed E-state index contributed by atoms with van der Waals surface area (Å²) in [6.07, 6.45) is -0.488. The number of ether oxygens (including phenoxy) is 2. The normalized spacial score (nSPS) is 11.2. The first kappa shape index (κ1) is 17.5. The molecule has 0 fully saturated rings. The van der Waals surface area contributed by atoms with Crippen LogP contribution in [0.3, 0.4) is 0 Å². The highest BCUT2D eigenvalue weighted by Crippen LogP contribution is 2.22. The second-order valence-corrected chi connectivity index (χ2v) is 6.34. The van der Waals surface area contributed by atoms with Crippen molar-refractivity contribution >= 4 is 17.5 Å². The number of alkyl carbamates (subject to hydrolysis) is 1. The minimum Gasteiger partial charge on any atom is -0.491 e. The molecule has 0 radical (unpaired) electrons. The molecule has 2 aromatic rings. The molecule has 0 spiro atoms. The Kier molecular flexibility index (Phi) is 4.92. The third-order valence-electron chi connectivity index (χ3n) is 3.14. The number of rotatable bonds is 5. The summed E-state index contributed by atoms with van der Waals surface area (Å²) < 4.78 is 9.99. The lowest BCUT2D eigenvalue weighted by atomic mass is 10.1. The molecule has 2 aromatic carbocycles. The summed E-state index contributed by atoms with van der Waals surface area (Å²) in [6.45, 7) is 5.73. The molecule has 0 aliphatic heterocycles. The van der Waals surface area contributed by atoms with Gasteiger partial charge in [0.15, 0.2) is 5.75 Å². The Hall–Kier alpha value is -2.83. The molecule has 7 nitrogen and oxygen atoms in total. The van der Waals surface area contributed by atoms with E-state index in [4.69, 9.17) is 9.47 Å². The Morgan fingerprint density at radius 2 is 1.71 bits per heavy atom. The fourth-order valence-corrected chi connectivity index (χ4v) is 2.00. The van der Waals surface area contributed by atoms with E-state index in [2.05, 4.69) is 10.6 Å². The zero-order valence-corrected chi connectivity index (χ0v) is 14.1. The van der Waals surface area contributed by atoms with Crippen molar-refractivity contribution in [1.82, 2.24) is 5.32 Å². The lowest BCUT2D eigenvalue weighted by Crippen LogP contribution is -2.40.